The molecule has 2 atom stereocenters. The molecule has 1 unspecified atom stereocenters. The van der Waals surface area contributed by atoms with Crippen molar-refractivity contribution >= 4 is 135 Å². The maximum Gasteiger partial charge on any atom is 0.159 e. The van der Waals surface area contributed by atoms with Gasteiger partial charge in [-0.15, -0.1) is 11.3 Å². The van der Waals surface area contributed by atoms with Gasteiger partial charge in [-0.1, -0.05) is 190 Å². The highest BCUT2D eigenvalue weighted by atomic mass is 32.1. The minimum Gasteiger partial charge on any atom is -0.453 e. The number of hydrogen-bond donors (Lipinski definition) is 0. The smallest absolute Gasteiger partial charge is 0.159 e. The minimum atomic E-state index is -0.478. The van der Waals surface area contributed by atoms with E-state index in [1.807, 2.05) is 11.3 Å². The first-order valence-electron chi connectivity index (χ1n) is 27.5. The Labute approximate surface area is 465 Å². The monoisotopic (exact) mass is 1040 g/mol. The summed E-state index contributed by atoms with van der Waals surface area (Å²) in [7, 11) is 0. The van der Waals surface area contributed by atoms with Gasteiger partial charge in [-0.3, -0.25) is 4.99 Å². The Morgan fingerprint density at radius 3 is 1.79 bits per heavy atom. The number of hydrogen-bond acceptors (Lipinski definition) is 3. The van der Waals surface area contributed by atoms with Gasteiger partial charge in [-0.05, 0) is 123 Å². The van der Waals surface area contributed by atoms with Crippen LogP contribution in [0.25, 0.3) is 129 Å². The number of aromatic nitrogens is 2. The first-order valence-corrected chi connectivity index (χ1v) is 28.3. The Balaban J connectivity index is 0.969. The average molecular weight is 1040 g/mol. The fourth-order valence-corrected chi connectivity index (χ4v) is 14.3. The predicted octanol–water partition coefficient (Wildman–Crippen LogP) is 21.1. The van der Waals surface area contributed by atoms with Gasteiger partial charge in [0.2, 0.25) is 0 Å². The third kappa shape index (κ3) is 6.97. The minimum absolute atomic E-state index is 0.199. The first-order chi connectivity index (χ1) is 39.3. The van der Waals surface area contributed by atoms with Gasteiger partial charge < -0.3 is 13.6 Å². The van der Waals surface area contributed by atoms with Gasteiger partial charge in [0.25, 0.3) is 0 Å². The molecule has 16 rings (SSSR count). The summed E-state index contributed by atoms with van der Waals surface area (Å²) in [5, 5.41) is 16.4. The van der Waals surface area contributed by atoms with Crippen LogP contribution in [0.1, 0.15) is 42.5 Å². The van der Waals surface area contributed by atoms with Crippen LogP contribution in [-0.2, 0) is 0 Å². The number of thiophene rings is 1. The normalized spacial score (nSPS) is 13.2. The molecule has 0 aliphatic carbocycles. The Hall–Kier alpha value is -9.81. The fraction of sp³-hybridized carbons (Fsp3) is 0.0533. The summed E-state index contributed by atoms with van der Waals surface area (Å²) in [6.45, 7) is 14.3. The molecule has 378 valence electrons. The van der Waals surface area contributed by atoms with E-state index >= 15 is 0 Å². The van der Waals surface area contributed by atoms with Crippen LogP contribution in [0.5, 0.6) is 0 Å². The van der Waals surface area contributed by atoms with Crippen molar-refractivity contribution in [1.82, 2.24) is 9.13 Å². The van der Waals surface area contributed by atoms with Gasteiger partial charge in [0, 0.05) is 75.0 Å². The van der Waals surface area contributed by atoms with E-state index in [1.165, 1.54) is 63.3 Å². The molecule has 4 nitrogen and oxygen atoms in total. The molecule has 16 aromatic rings. The summed E-state index contributed by atoms with van der Waals surface area (Å²) in [6.07, 6.45) is 0. The van der Waals surface area contributed by atoms with E-state index in [0.29, 0.717) is 0 Å². The van der Waals surface area contributed by atoms with E-state index in [4.69, 9.17) is 22.6 Å². The van der Waals surface area contributed by atoms with Gasteiger partial charge in [-0.25, -0.2) is 0 Å². The van der Waals surface area contributed by atoms with Crippen molar-refractivity contribution in [2.45, 2.75) is 25.8 Å². The SMILES string of the molecule is C=C(C)/C(=N\[C@H](C(=C)C(C)c1cc(-n2c3cc4ccccc4cc3c3cc4ccccc4cc32)c2oc3c4ccccc4ccc3c2c1)c1cccc2c1sc1ccccc12)c1cccc2c3ccccc3n(-c3ccccc3)c12. The number of nitrogens with zero attached hydrogens (tertiary/aromatic N) is 3. The zero-order valence-corrected chi connectivity index (χ0v) is 45.1. The van der Waals surface area contributed by atoms with Crippen LogP contribution >= 0.6 is 11.3 Å². The number of fused-ring (bicyclic) bond motifs is 16. The van der Waals surface area contributed by atoms with E-state index < -0.39 is 6.04 Å². The lowest BCUT2D eigenvalue weighted by Crippen LogP contribution is -2.13. The summed E-state index contributed by atoms with van der Waals surface area (Å²) in [4.78, 5) is 6.07. The van der Waals surface area contributed by atoms with E-state index in [-0.39, 0.29) is 5.92 Å². The lowest BCUT2D eigenvalue weighted by molar-refractivity contribution is 0.669. The van der Waals surface area contributed by atoms with Gasteiger partial charge in [0.1, 0.15) is 5.58 Å². The van der Waals surface area contributed by atoms with Crippen LogP contribution in [0.3, 0.4) is 0 Å². The zero-order chi connectivity index (χ0) is 53.3. The number of furan rings is 1. The van der Waals surface area contributed by atoms with Crippen molar-refractivity contribution in [1.29, 1.82) is 0 Å². The molecule has 0 radical (unpaired) electrons. The van der Waals surface area contributed by atoms with Crippen LogP contribution in [0, 0.1) is 0 Å². The van der Waals surface area contributed by atoms with Crippen molar-refractivity contribution in [3.05, 3.63) is 278 Å². The standard InChI is InChI=1S/C75H51N3OS/c1-44(2)70(60-32-18-30-57-55-28-14-16-34-65(55)77(72(57)60)53-25-6-5-7-26-53)76-71(61-33-19-31-59-56-29-15-17-35-69(56)80-75(59)61)46(4)45(3)52-40-64-58-37-36-47-20-12-13-27-54(47)73(58)79-74(64)68(43-52)78-66-41-50-23-10-8-21-48(50)38-62(66)63-39-49-22-9-11-24-51(49)42-67(63)78/h5-43,45,71H,1,4H2,2-3H3/b76-70+/t45?,71-/m1/s1. The molecular formula is C75H51N3OS. The van der Waals surface area contributed by atoms with E-state index in [1.54, 1.807) is 0 Å². The number of aliphatic imine (C=N–C) groups is 1. The molecule has 4 heterocycles. The zero-order valence-electron chi connectivity index (χ0n) is 44.2. The molecular weight excluding hydrogens is 991 g/mol. The van der Waals surface area contributed by atoms with Crippen LogP contribution < -0.4 is 0 Å². The van der Waals surface area contributed by atoms with E-state index in [0.717, 1.165) is 99.7 Å². The molecule has 0 amide bonds. The molecule has 5 heteroatoms. The van der Waals surface area contributed by atoms with Crippen molar-refractivity contribution in [2.24, 2.45) is 4.99 Å². The van der Waals surface area contributed by atoms with Crippen molar-refractivity contribution in [3.8, 4) is 11.4 Å². The third-order valence-corrected chi connectivity index (χ3v) is 18.2. The maximum absolute atomic E-state index is 7.33. The average Bonchev–Trinajstić information content (AvgIpc) is 4.46. The highest BCUT2D eigenvalue weighted by molar-refractivity contribution is 7.26. The summed E-state index contributed by atoms with van der Waals surface area (Å²) in [5.41, 5.74) is 14.3. The highest BCUT2D eigenvalue weighted by Gasteiger charge is 2.29. The molecule has 0 saturated carbocycles. The van der Waals surface area contributed by atoms with Crippen molar-refractivity contribution in [2.75, 3.05) is 0 Å². The third-order valence-electron chi connectivity index (χ3n) is 17.0. The van der Waals surface area contributed by atoms with Crippen LogP contribution in [0.2, 0.25) is 0 Å². The number of benzene rings is 12. The Morgan fingerprint density at radius 1 is 0.463 bits per heavy atom. The fourth-order valence-electron chi connectivity index (χ4n) is 13.1. The Bertz CT molecular complexity index is 5240. The van der Waals surface area contributed by atoms with Gasteiger partial charge >= 0.3 is 0 Å². The molecule has 0 aliphatic rings. The van der Waals surface area contributed by atoms with Gasteiger partial charge in [-0.2, -0.15) is 0 Å². The molecule has 0 aliphatic heterocycles. The van der Waals surface area contributed by atoms with Crippen molar-refractivity contribution in [3.63, 3.8) is 0 Å². The summed E-state index contributed by atoms with van der Waals surface area (Å²) in [5.74, 6) is -0.199. The predicted molar refractivity (Wildman–Crippen MR) is 342 cm³/mol. The second-order valence-electron chi connectivity index (χ2n) is 21.6. The second-order valence-corrected chi connectivity index (χ2v) is 22.7. The molecule has 80 heavy (non-hydrogen) atoms. The van der Waals surface area contributed by atoms with E-state index in [2.05, 4.69) is 260 Å². The Kier molecular flexibility index (Phi) is 10.3. The summed E-state index contributed by atoms with van der Waals surface area (Å²) >= 11 is 1.84. The maximum atomic E-state index is 7.33. The highest BCUT2D eigenvalue weighted by Crippen LogP contribution is 2.48. The van der Waals surface area contributed by atoms with Gasteiger partial charge in [0.05, 0.1) is 39.5 Å². The lowest BCUT2D eigenvalue weighted by atomic mass is 9.85. The molecule has 0 spiro atoms. The molecule has 12 aromatic carbocycles. The van der Waals surface area contributed by atoms with Crippen molar-refractivity contribution < 1.29 is 4.42 Å². The molecule has 0 N–H and O–H groups in total. The first kappa shape index (κ1) is 46.3. The van der Waals surface area contributed by atoms with E-state index in [9.17, 15) is 0 Å². The van der Waals surface area contributed by atoms with Crippen LogP contribution in [-0.4, -0.2) is 14.8 Å². The largest absolute Gasteiger partial charge is 0.453 e. The number of rotatable bonds is 9. The lowest BCUT2D eigenvalue weighted by Gasteiger charge is -2.25. The number of para-hydroxylation sites is 3. The molecule has 0 bridgehead atoms. The topological polar surface area (TPSA) is 35.4 Å². The van der Waals surface area contributed by atoms with Crippen LogP contribution in [0.4, 0.5) is 0 Å². The molecule has 0 fully saturated rings. The summed E-state index contributed by atoms with van der Waals surface area (Å²) < 4.78 is 14.7. The quantitative estimate of drug-likeness (QED) is 0.105. The Morgan fingerprint density at radius 2 is 1.06 bits per heavy atom. The summed E-state index contributed by atoms with van der Waals surface area (Å²) in [6, 6.07) is 85.7. The number of allylic oxidation sites excluding steroid dienone is 1. The van der Waals surface area contributed by atoms with Gasteiger partial charge in [0.15, 0.2) is 5.58 Å². The molecule has 0 saturated heterocycles. The molecule has 4 aromatic heterocycles. The second kappa shape index (κ2) is 17.9. The van der Waals surface area contributed by atoms with Crippen LogP contribution in [0.15, 0.2) is 270 Å².